The summed E-state index contributed by atoms with van der Waals surface area (Å²) in [7, 11) is 2.04. The summed E-state index contributed by atoms with van der Waals surface area (Å²) in [6.07, 6.45) is 2.15. The van der Waals surface area contributed by atoms with Crippen LogP contribution in [0.5, 0.6) is 0 Å². The Bertz CT molecular complexity index is 334. The van der Waals surface area contributed by atoms with Crippen LogP contribution in [0, 0.1) is 20.8 Å². The summed E-state index contributed by atoms with van der Waals surface area (Å²) in [5.74, 6) is 1.12. The van der Waals surface area contributed by atoms with Gasteiger partial charge in [0.2, 0.25) is 0 Å². The summed E-state index contributed by atoms with van der Waals surface area (Å²) in [6, 6.07) is 4.96. The van der Waals surface area contributed by atoms with E-state index in [9.17, 15) is 0 Å². The molecule has 84 valence electrons. The Labute approximate surface area is 97.7 Å². The molecule has 0 radical (unpaired) electrons. The lowest BCUT2D eigenvalue weighted by molar-refractivity contribution is 0.657. The fourth-order valence-electron chi connectivity index (χ4n) is 1.85. The third kappa shape index (κ3) is 2.76. The molecule has 0 heterocycles. The normalized spacial score (nSPS) is 12.9. The molecular weight excluding hydrogens is 202 g/mol. The van der Waals surface area contributed by atoms with Crippen LogP contribution < -0.4 is 5.32 Å². The van der Waals surface area contributed by atoms with Gasteiger partial charge in [0.05, 0.1) is 0 Å². The molecule has 1 atom stereocenters. The SMILES string of the molecule is CNC(CSC)c1ccc(C)c(C)c1C. The highest BCUT2D eigenvalue weighted by Crippen LogP contribution is 2.24. The highest BCUT2D eigenvalue weighted by Gasteiger charge is 2.12. The first kappa shape index (κ1) is 12.6. The van der Waals surface area contributed by atoms with Gasteiger partial charge in [0.1, 0.15) is 0 Å². The van der Waals surface area contributed by atoms with Gasteiger partial charge in [0.15, 0.2) is 0 Å². The van der Waals surface area contributed by atoms with Crippen molar-refractivity contribution in [3.05, 3.63) is 34.4 Å². The molecule has 0 aliphatic heterocycles. The first-order valence-electron chi connectivity index (χ1n) is 5.34. The van der Waals surface area contributed by atoms with Crippen LogP contribution in [-0.2, 0) is 0 Å². The number of thioether (sulfide) groups is 1. The molecule has 0 saturated carbocycles. The van der Waals surface area contributed by atoms with Gasteiger partial charge in [-0.2, -0.15) is 11.8 Å². The van der Waals surface area contributed by atoms with Crippen molar-refractivity contribution < 1.29 is 0 Å². The number of benzene rings is 1. The highest BCUT2D eigenvalue weighted by atomic mass is 32.2. The Hall–Kier alpha value is -0.470. The van der Waals surface area contributed by atoms with E-state index < -0.39 is 0 Å². The van der Waals surface area contributed by atoms with Crippen molar-refractivity contribution in [3.63, 3.8) is 0 Å². The number of hydrogen-bond acceptors (Lipinski definition) is 2. The van der Waals surface area contributed by atoms with E-state index in [1.54, 1.807) is 0 Å². The minimum atomic E-state index is 0.472. The number of nitrogens with one attached hydrogen (secondary N) is 1. The first-order chi connectivity index (χ1) is 7.11. The summed E-state index contributed by atoms with van der Waals surface area (Å²) in [5, 5.41) is 3.39. The number of hydrogen-bond donors (Lipinski definition) is 1. The molecule has 0 bridgehead atoms. The van der Waals surface area contributed by atoms with Crippen molar-refractivity contribution in [2.24, 2.45) is 0 Å². The predicted molar refractivity (Wildman–Crippen MR) is 70.8 cm³/mol. The van der Waals surface area contributed by atoms with Crippen molar-refractivity contribution in [2.45, 2.75) is 26.8 Å². The average molecular weight is 223 g/mol. The van der Waals surface area contributed by atoms with Crippen LogP contribution in [0.1, 0.15) is 28.3 Å². The highest BCUT2D eigenvalue weighted by molar-refractivity contribution is 7.98. The zero-order chi connectivity index (χ0) is 11.4. The van der Waals surface area contributed by atoms with Crippen molar-refractivity contribution in [3.8, 4) is 0 Å². The third-order valence-corrected chi connectivity index (χ3v) is 3.82. The van der Waals surface area contributed by atoms with E-state index in [1.807, 2.05) is 18.8 Å². The van der Waals surface area contributed by atoms with Gasteiger partial charge < -0.3 is 5.32 Å². The van der Waals surface area contributed by atoms with Gasteiger partial charge in [-0.1, -0.05) is 12.1 Å². The van der Waals surface area contributed by atoms with E-state index >= 15 is 0 Å². The molecule has 1 rings (SSSR count). The lowest BCUT2D eigenvalue weighted by Gasteiger charge is -2.20. The van der Waals surface area contributed by atoms with Gasteiger partial charge in [0.25, 0.3) is 0 Å². The summed E-state index contributed by atoms with van der Waals surface area (Å²) < 4.78 is 0. The molecule has 15 heavy (non-hydrogen) atoms. The fourth-order valence-corrected chi connectivity index (χ4v) is 2.53. The second kappa shape index (κ2) is 5.57. The molecule has 1 nitrogen and oxygen atoms in total. The molecule has 0 saturated heterocycles. The lowest BCUT2D eigenvalue weighted by atomic mass is 9.95. The molecule has 0 aliphatic carbocycles. The molecular formula is C13H21NS. The topological polar surface area (TPSA) is 12.0 Å². The Morgan fingerprint density at radius 2 is 1.87 bits per heavy atom. The van der Waals surface area contributed by atoms with Crippen molar-refractivity contribution in [1.82, 2.24) is 5.32 Å². The van der Waals surface area contributed by atoms with Gasteiger partial charge in [-0.25, -0.2) is 0 Å². The second-order valence-electron chi connectivity index (χ2n) is 4.02. The molecule has 1 aromatic carbocycles. The van der Waals surface area contributed by atoms with E-state index in [0.717, 1.165) is 5.75 Å². The number of aryl methyl sites for hydroxylation is 1. The molecule has 0 fully saturated rings. The molecule has 0 spiro atoms. The Morgan fingerprint density at radius 3 is 2.40 bits per heavy atom. The van der Waals surface area contributed by atoms with Gasteiger partial charge in [0, 0.05) is 11.8 Å². The summed E-state index contributed by atoms with van der Waals surface area (Å²) >= 11 is 1.89. The van der Waals surface area contributed by atoms with Crippen LogP contribution in [0.15, 0.2) is 12.1 Å². The minimum Gasteiger partial charge on any atom is -0.312 e. The Balaban J connectivity index is 3.07. The Morgan fingerprint density at radius 1 is 1.20 bits per heavy atom. The van der Waals surface area contributed by atoms with Crippen LogP contribution in [0.25, 0.3) is 0 Å². The van der Waals surface area contributed by atoms with E-state index in [2.05, 4.69) is 44.5 Å². The second-order valence-corrected chi connectivity index (χ2v) is 4.93. The molecule has 2 heteroatoms. The molecule has 0 aliphatic rings. The maximum atomic E-state index is 3.39. The maximum absolute atomic E-state index is 3.39. The van der Waals surface area contributed by atoms with Crippen LogP contribution >= 0.6 is 11.8 Å². The van der Waals surface area contributed by atoms with Crippen LogP contribution in [-0.4, -0.2) is 19.1 Å². The van der Waals surface area contributed by atoms with E-state index in [-0.39, 0.29) is 0 Å². The van der Waals surface area contributed by atoms with E-state index in [4.69, 9.17) is 0 Å². The molecule has 0 amide bonds. The van der Waals surface area contributed by atoms with Crippen molar-refractivity contribution >= 4 is 11.8 Å². The summed E-state index contributed by atoms with van der Waals surface area (Å²) in [6.45, 7) is 6.61. The van der Waals surface area contributed by atoms with Crippen LogP contribution in [0.3, 0.4) is 0 Å². The van der Waals surface area contributed by atoms with Crippen LogP contribution in [0.2, 0.25) is 0 Å². The zero-order valence-electron chi connectivity index (χ0n) is 10.3. The lowest BCUT2D eigenvalue weighted by Crippen LogP contribution is -2.20. The van der Waals surface area contributed by atoms with E-state index in [1.165, 1.54) is 22.3 Å². The molecule has 1 aromatic rings. The average Bonchev–Trinajstić information content (AvgIpc) is 2.24. The summed E-state index contributed by atoms with van der Waals surface area (Å²) in [5.41, 5.74) is 5.68. The van der Waals surface area contributed by atoms with Gasteiger partial charge >= 0.3 is 0 Å². The van der Waals surface area contributed by atoms with Crippen molar-refractivity contribution in [2.75, 3.05) is 19.1 Å². The monoisotopic (exact) mass is 223 g/mol. The summed E-state index contributed by atoms with van der Waals surface area (Å²) in [4.78, 5) is 0. The van der Waals surface area contributed by atoms with Crippen LogP contribution in [0.4, 0.5) is 0 Å². The maximum Gasteiger partial charge on any atom is 0.0412 e. The minimum absolute atomic E-state index is 0.472. The molecule has 0 aromatic heterocycles. The fraction of sp³-hybridized carbons (Fsp3) is 0.538. The molecule has 1 N–H and O–H groups in total. The number of rotatable bonds is 4. The van der Waals surface area contributed by atoms with Gasteiger partial charge in [-0.3, -0.25) is 0 Å². The smallest absolute Gasteiger partial charge is 0.0412 e. The van der Waals surface area contributed by atoms with Gasteiger partial charge in [-0.15, -0.1) is 0 Å². The molecule has 1 unspecified atom stereocenters. The third-order valence-electron chi connectivity index (χ3n) is 3.16. The predicted octanol–water partition coefficient (Wildman–Crippen LogP) is 3.24. The quantitative estimate of drug-likeness (QED) is 0.841. The Kier molecular flexibility index (Phi) is 4.68. The largest absolute Gasteiger partial charge is 0.312 e. The standard InChI is InChI=1S/C13H21NS/c1-9-6-7-12(11(3)10(9)2)13(14-4)8-15-5/h6-7,13-14H,8H2,1-5H3. The van der Waals surface area contributed by atoms with Crippen molar-refractivity contribution in [1.29, 1.82) is 0 Å². The zero-order valence-corrected chi connectivity index (χ0v) is 11.2. The van der Waals surface area contributed by atoms with Gasteiger partial charge in [-0.05, 0) is 56.3 Å². The van der Waals surface area contributed by atoms with E-state index in [0.29, 0.717) is 6.04 Å². The first-order valence-corrected chi connectivity index (χ1v) is 6.74.